The van der Waals surface area contributed by atoms with Gasteiger partial charge in [0, 0.05) is 17.9 Å². The summed E-state index contributed by atoms with van der Waals surface area (Å²) >= 11 is 1.63. The SMILES string of the molecule is CSc1ccc(N2C(=O)C3Cc4ncn(Cc5ccccc5)c4CN3C2=O)cc1. The lowest BCUT2D eigenvalue weighted by molar-refractivity contribution is -0.120. The topological polar surface area (TPSA) is 58.4 Å². The molecular weight excluding hydrogens is 384 g/mol. The molecule has 6 nitrogen and oxygen atoms in total. The Kier molecular flexibility index (Phi) is 4.39. The van der Waals surface area contributed by atoms with Crippen LogP contribution in [-0.4, -0.2) is 38.7 Å². The summed E-state index contributed by atoms with van der Waals surface area (Å²) in [6.45, 7) is 1.10. The summed E-state index contributed by atoms with van der Waals surface area (Å²) in [5.74, 6) is -0.171. The Morgan fingerprint density at radius 3 is 2.55 bits per heavy atom. The van der Waals surface area contributed by atoms with Gasteiger partial charge in [-0.3, -0.25) is 4.79 Å². The van der Waals surface area contributed by atoms with Gasteiger partial charge in [-0.25, -0.2) is 14.7 Å². The number of hydrogen-bond acceptors (Lipinski definition) is 4. The summed E-state index contributed by atoms with van der Waals surface area (Å²) in [7, 11) is 0. The van der Waals surface area contributed by atoms with Gasteiger partial charge in [0.05, 0.1) is 29.9 Å². The van der Waals surface area contributed by atoms with E-state index < -0.39 is 6.04 Å². The molecule has 1 saturated heterocycles. The highest BCUT2D eigenvalue weighted by Gasteiger charge is 2.48. The molecule has 7 heteroatoms. The lowest BCUT2D eigenvalue weighted by Gasteiger charge is -2.27. The number of carbonyl (C=O) groups is 2. The largest absolute Gasteiger partial charge is 0.332 e. The fourth-order valence-corrected chi connectivity index (χ4v) is 4.45. The second-order valence-corrected chi connectivity index (χ2v) is 8.13. The van der Waals surface area contributed by atoms with Crippen molar-refractivity contribution in [3.8, 4) is 0 Å². The van der Waals surface area contributed by atoms with Crippen LogP contribution in [0.2, 0.25) is 0 Å². The Hall–Kier alpha value is -3.06. The minimum Gasteiger partial charge on any atom is -0.328 e. The highest BCUT2D eigenvalue weighted by atomic mass is 32.2. The summed E-state index contributed by atoms with van der Waals surface area (Å²) in [6, 6.07) is 17.0. The first-order valence-corrected chi connectivity index (χ1v) is 10.7. The van der Waals surface area contributed by atoms with Crippen LogP contribution < -0.4 is 4.90 Å². The zero-order valence-corrected chi connectivity index (χ0v) is 16.8. The summed E-state index contributed by atoms with van der Waals surface area (Å²) in [6.07, 6.45) is 4.27. The quantitative estimate of drug-likeness (QED) is 0.493. The molecule has 0 radical (unpaired) electrons. The highest BCUT2D eigenvalue weighted by molar-refractivity contribution is 7.98. The predicted octanol–water partition coefficient (Wildman–Crippen LogP) is 3.55. The number of benzene rings is 2. The number of imidazole rings is 1. The molecule has 5 rings (SSSR count). The maximum absolute atomic E-state index is 13.1. The third-order valence-corrected chi connectivity index (χ3v) is 6.33. The van der Waals surface area contributed by atoms with Crippen molar-refractivity contribution in [1.82, 2.24) is 14.5 Å². The van der Waals surface area contributed by atoms with Crippen molar-refractivity contribution in [1.29, 1.82) is 0 Å². The summed E-state index contributed by atoms with van der Waals surface area (Å²) in [5.41, 5.74) is 3.71. The van der Waals surface area contributed by atoms with Gasteiger partial charge in [-0.15, -0.1) is 11.8 Å². The molecule has 1 aromatic heterocycles. The van der Waals surface area contributed by atoms with Gasteiger partial charge in [-0.1, -0.05) is 30.3 Å². The van der Waals surface area contributed by atoms with Crippen LogP contribution in [0.3, 0.4) is 0 Å². The molecule has 3 amide bonds. The maximum atomic E-state index is 13.1. The van der Waals surface area contributed by atoms with E-state index in [-0.39, 0.29) is 11.9 Å². The van der Waals surface area contributed by atoms with Crippen molar-refractivity contribution in [2.75, 3.05) is 11.2 Å². The minimum absolute atomic E-state index is 0.171. The fraction of sp³-hybridized carbons (Fsp3) is 0.227. The first-order chi connectivity index (χ1) is 14.2. The third-order valence-electron chi connectivity index (χ3n) is 5.58. The van der Waals surface area contributed by atoms with E-state index in [2.05, 4.69) is 21.7 Å². The van der Waals surface area contributed by atoms with Crippen molar-refractivity contribution < 1.29 is 9.59 Å². The molecule has 1 atom stereocenters. The first-order valence-electron chi connectivity index (χ1n) is 9.51. The monoisotopic (exact) mass is 404 g/mol. The zero-order chi connectivity index (χ0) is 20.0. The second kappa shape index (κ2) is 7.08. The van der Waals surface area contributed by atoms with Crippen LogP contribution in [0.15, 0.2) is 65.8 Å². The van der Waals surface area contributed by atoms with Crippen molar-refractivity contribution in [3.63, 3.8) is 0 Å². The lowest BCUT2D eigenvalue weighted by Crippen LogP contribution is -2.40. The van der Waals surface area contributed by atoms with Gasteiger partial charge < -0.3 is 9.47 Å². The van der Waals surface area contributed by atoms with Crippen molar-refractivity contribution in [2.24, 2.45) is 0 Å². The summed E-state index contributed by atoms with van der Waals surface area (Å²) in [5, 5.41) is 0. The van der Waals surface area contributed by atoms with E-state index in [1.165, 1.54) is 10.5 Å². The van der Waals surface area contributed by atoms with Crippen LogP contribution in [0.4, 0.5) is 10.5 Å². The Bertz CT molecular complexity index is 1080. The van der Waals surface area contributed by atoms with Gasteiger partial charge in [0.15, 0.2) is 0 Å². The number of thioether (sulfide) groups is 1. The number of nitrogens with zero attached hydrogens (tertiary/aromatic N) is 4. The number of amides is 3. The molecular formula is C22H20N4O2S. The molecule has 0 aliphatic carbocycles. The zero-order valence-electron chi connectivity index (χ0n) is 16.0. The first kappa shape index (κ1) is 18.0. The number of carbonyl (C=O) groups excluding carboxylic acids is 2. The van der Waals surface area contributed by atoms with Gasteiger partial charge in [-0.2, -0.15) is 0 Å². The van der Waals surface area contributed by atoms with Gasteiger partial charge >= 0.3 is 6.03 Å². The van der Waals surface area contributed by atoms with Gasteiger partial charge in [-0.05, 0) is 36.1 Å². The third kappa shape index (κ3) is 3.02. The average Bonchev–Trinajstić information content (AvgIpc) is 3.26. The van der Waals surface area contributed by atoms with Gasteiger partial charge in [0.25, 0.3) is 5.91 Å². The number of fused-ring (bicyclic) bond motifs is 2. The van der Waals surface area contributed by atoms with Crippen molar-refractivity contribution in [3.05, 3.63) is 77.9 Å². The second-order valence-electron chi connectivity index (χ2n) is 7.25. The number of urea groups is 1. The van der Waals surface area contributed by atoms with Crippen LogP contribution in [0, 0.1) is 0 Å². The Labute approximate surface area is 173 Å². The van der Waals surface area contributed by atoms with Crippen molar-refractivity contribution in [2.45, 2.75) is 30.4 Å². The summed E-state index contributed by atoms with van der Waals surface area (Å²) < 4.78 is 2.08. The number of hydrogen-bond donors (Lipinski definition) is 0. The Morgan fingerprint density at radius 1 is 1.07 bits per heavy atom. The number of aromatic nitrogens is 2. The van der Waals surface area contributed by atoms with Crippen LogP contribution in [0.25, 0.3) is 0 Å². The van der Waals surface area contributed by atoms with Crippen LogP contribution in [-0.2, 0) is 24.3 Å². The smallest absolute Gasteiger partial charge is 0.328 e. The van der Waals surface area contributed by atoms with Gasteiger partial charge in [0.1, 0.15) is 6.04 Å². The van der Waals surface area contributed by atoms with Gasteiger partial charge in [0.2, 0.25) is 0 Å². The molecule has 146 valence electrons. The minimum atomic E-state index is -0.477. The van der Waals surface area contributed by atoms with Crippen LogP contribution in [0.5, 0.6) is 0 Å². The molecule has 2 aliphatic heterocycles. The van der Waals surface area contributed by atoms with E-state index in [1.807, 2.05) is 55.0 Å². The van der Waals surface area contributed by atoms with Crippen molar-refractivity contribution >= 4 is 29.4 Å². The number of rotatable bonds is 4. The van der Waals surface area contributed by atoms with E-state index in [0.717, 1.165) is 16.3 Å². The molecule has 29 heavy (non-hydrogen) atoms. The van der Waals surface area contributed by atoms with E-state index in [1.54, 1.807) is 16.7 Å². The normalized spacial score (nSPS) is 18.2. The molecule has 3 heterocycles. The molecule has 0 saturated carbocycles. The lowest BCUT2D eigenvalue weighted by atomic mass is 10.0. The van der Waals surface area contributed by atoms with Crippen LogP contribution >= 0.6 is 11.8 Å². The number of imide groups is 1. The van der Waals surface area contributed by atoms with E-state index >= 15 is 0 Å². The standard InChI is InChI=1S/C22H20N4O2S/c1-29-17-9-7-16(8-10-17)26-21(27)19-11-18-20(13-25(19)22(26)28)24(14-23-18)12-15-5-3-2-4-6-15/h2-10,14,19H,11-13H2,1H3. The molecule has 0 spiro atoms. The Balaban J connectivity index is 1.42. The average molecular weight is 404 g/mol. The molecule has 0 bridgehead atoms. The molecule has 2 aliphatic rings. The molecule has 2 aromatic carbocycles. The fourth-order valence-electron chi connectivity index (χ4n) is 4.05. The molecule has 1 fully saturated rings. The van der Waals surface area contributed by atoms with E-state index in [0.29, 0.717) is 25.2 Å². The molecule has 0 N–H and O–H groups in total. The van der Waals surface area contributed by atoms with E-state index in [4.69, 9.17) is 0 Å². The summed E-state index contributed by atoms with van der Waals surface area (Å²) in [4.78, 5) is 34.8. The predicted molar refractivity (Wildman–Crippen MR) is 112 cm³/mol. The Morgan fingerprint density at radius 2 is 1.83 bits per heavy atom. The molecule has 3 aromatic rings. The van der Waals surface area contributed by atoms with Crippen LogP contribution in [0.1, 0.15) is 17.0 Å². The maximum Gasteiger partial charge on any atom is 0.332 e. The molecule has 1 unspecified atom stereocenters. The highest BCUT2D eigenvalue weighted by Crippen LogP contribution is 2.33. The van der Waals surface area contributed by atoms with E-state index in [9.17, 15) is 9.59 Å². The number of anilines is 1.